The number of ether oxygens (including phenoxy) is 1. The number of nitrogens with two attached hydrogens (primary N) is 1. The van der Waals surface area contributed by atoms with Crippen molar-refractivity contribution in [2.75, 3.05) is 0 Å². The Morgan fingerprint density at radius 3 is 2.86 bits per heavy atom. The average molecular weight is 279 g/mol. The highest BCUT2D eigenvalue weighted by molar-refractivity contribution is 5.85. The molecule has 0 bridgehead atoms. The second-order valence-electron chi connectivity index (χ2n) is 4.79. The van der Waals surface area contributed by atoms with Gasteiger partial charge in [0.15, 0.2) is 0 Å². The van der Waals surface area contributed by atoms with E-state index in [-0.39, 0.29) is 0 Å². The van der Waals surface area contributed by atoms with Crippen molar-refractivity contribution in [2.24, 2.45) is 5.73 Å². The van der Waals surface area contributed by atoms with Crippen LogP contribution in [0.1, 0.15) is 18.2 Å². The molecule has 2 heterocycles. The maximum Gasteiger partial charge on any atom is 0.219 e. The van der Waals surface area contributed by atoms with E-state index in [4.69, 9.17) is 10.5 Å². The largest absolute Gasteiger partial charge is 0.438 e. The summed E-state index contributed by atoms with van der Waals surface area (Å²) in [5.41, 5.74) is 8.64. The summed E-state index contributed by atoms with van der Waals surface area (Å²) < 4.78 is 5.97. The Morgan fingerprint density at radius 2 is 2.05 bits per heavy atom. The van der Waals surface area contributed by atoms with Crippen molar-refractivity contribution >= 4 is 10.9 Å². The van der Waals surface area contributed by atoms with Crippen LogP contribution in [-0.2, 0) is 13.0 Å². The molecule has 1 aromatic carbocycles. The summed E-state index contributed by atoms with van der Waals surface area (Å²) in [7, 11) is 0. The van der Waals surface area contributed by atoms with Crippen LogP contribution in [0.15, 0.2) is 48.7 Å². The average Bonchev–Trinajstić information content (AvgIpc) is 2.55. The van der Waals surface area contributed by atoms with E-state index < -0.39 is 0 Å². The minimum Gasteiger partial charge on any atom is -0.438 e. The van der Waals surface area contributed by atoms with Gasteiger partial charge in [-0.1, -0.05) is 13.0 Å². The summed E-state index contributed by atoms with van der Waals surface area (Å²) in [5.74, 6) is 1.33. The number of hydrogen-bond acceptors (Lipinski definition) is 4. The molecule has 0 saturated heterocycles. The Bertz CT molecular complexity index is 743. The van der Waals surface area contributed by atoms with Gasteiger partial charge in [0.1, 0.15) is 5.75 Å². The highest BCUT2D eigenvalue weighted by Crippen LogP contribution is 2.28. The molecule has 3 rings (SSSR count). The molecule has 0 aliphatic heterocycles. The molecule has 2 aromatic heterocycles. The Balaban J connectivity index is 2.02. The van der Waals surface area contributed by atoms with E-state index in [0.717, 1.165) is 34.3 Å². The van der Waals surface area contributed by atoms with Crippen molar-refractivity contribution in [2.45, 2.75) is 19.9 Å². The van der Waals surface area contributed by atoms with Gasteiger partial charge in [-0.3, -0.25) is 4.98 Å². The predicted molar refractivity (Wildman–Crippen MR) is 83.3 cm³/mol. The van der Waals surface area contributed by atoms with Crippen LogP contribution in [0.4, 0.5) is 0 Å². The van der Waals surface area contributed by atoms with Gasteiger partial charge in [-0.2, -0.15) is 0 Å². The fourth-order valence-corrected chi connectivity index (χ4v) is 2.25. The standard InChI is InChI=1S/C17H17N3O/c1-2-13-9-12(11-18)10-17(20-13)21-16-7-3-6-15-14(16)5-4-8-19-15/h3-10H,2,11,18H2,1H3. The molecule has 0 atom stereocenters. The number of nitrogens with zero attached hydrogens (tertiary/aromatic N) is 2. The van der Waals surface area contributed by atoms with E-state index >= 15 is 0 Å². The summed E-state index contributed by atoms with van der Waals surface area (Å²) in [6.07, 6.45) is 2.62. The van der Waals surface area contributed by atoms with Gasteiger partial charge in [0, 0.05) is 29.9 Å². The van der Waals surface area contributed by atoms with E-state index in [1.54, 1.807) is 6.20 Å². The Hall–Kier alpha value is -2.46. The van der Waals surface area contributed by atoms with Crippen LogP contribution in [0, 0.1) is 0 Å². The molecule has 21 heavy (non-hydrogen) atoms. The van der Waals surface area contributed by atoms with Crippen molar-refractivity contribution in [3.05, 3.63) is 59.9 Å². The van der Waals surface area contributed by atoms with Crippen LogP contribution in [0.25, 0.3) is 10.9 Å². The van der Waals surface area contributed by atoms with E-state index in [1.165, 1.54) is 0 Å². The number of aromatic nitrogens is 2. The van der Waals surface area contributed by atoms with Crippen LogP contribution in [0.3, 0.4) is 0 Å². The molecular weight excluding hydrogens is 262 g/mol. The zero-order valence-corrected chi connectivity index (χ0v) is 11.9. The van der Waals surface area contributed by atoms with Crippen LogP contribution in [0.5, 0.6) is 11.6 Å². The number of aryl methyl sites for hydroxylation is 1. The lowest BCUT2D eigenvalue weighted by Crippen LogP contribution is -2.01. The Kier molecular flexibility index (Phi) is 3.79. The second kappa shape index (κ2) is 5.89. The molecule has 4 heteroatoms. The number of hydrogen-bond donors (Lipinski definition) is 1. The molecule has 0 fully saturated rings. The lowest BCUT2D eigenvalue weighted by molar-refractivity contribution is 0.465. The molecule has 2 N–H and O–H groups in total. The quantitative estimate of drug-likeness (QED) is 0.794. The maximum atomic E-state index is 5.97. The summed E-state index contributed by atoms with van der Waals surface area (Å²) in [5, 5.41) is 0.970. The van der Waals surface area contributed by atoms with Crippen LogP contribution < -0.4 is 10.5 Å². The van der Waals surface area contributed by atoms with E-state index in [1.807, 2.05) is 42.5 Å². The molecule has 106 valence electrons. The molecule has 0 radical (unpaired) electrons. The SMILES string of the molecule is CCc1cc(CN)cc(Oc2cccc3ncccc23)n1. The van der Waals surface area contributed by atoms with Gasteiger partial charge in [-0.05, 0) is 42.3 Å². The third kappa shape index (κ3) is 2.85. The minimum absolute atomic E-state index is 0.475. The van der Waals surface area contributed by atoms with E-state index in [0.29, 0.717) is 12.4 Å². The summed E-state index contributed by atoms with van der Waals surface area (Å²) in [4.78, 5) is 8.83. The monoisotopic (exact) mass is 279 g/mol. The first-order valence-corrected chi connectivity index (χ1v) is 7.01. The van der Waals surface area contributed by atoms with Gasteiger partial charge >= 0.3 is 0 Å². The molecule has 0 spiro atoms. The summed E-state index contributed by atoms with van der Waals surface area (Å²) in [6.45, 7) is 2.54. The molecule has 0 amide bonds. The van der Waals surface area contributed by atoms with Crippen molar-refractivity contribution in [1.82, 2.24) is 9.97 Å². The zero-order valence-electron chi connectivity index (χ0n) is 11.9. The van der Waals surface area contributed by atoms with Gasteiger partial charge in [-0.25, -0.2) is 4.98 Å². The fourth-order valence-electron chi connectivity index (χ4n) is 2.25. The normalized spacial score (nSPS) is 10.8. The van der Waals surface area contributed by atoms with E-state index in [2.05, 4.69) is 16.9 Å². The first-order valence-electron chi connectivity index (χ1n) is 7.01. The third-order valence-corrected chi connectivity index (χ3v) is 3.33. The number of benzene rings is 1. The van der Waals surface area contributed by atoms with E-state index in [9.17, 15) is 0 Å². The molecule has 3 aromatic rings. The molecule has 0 saturated carbocycles. The topological polar surface area (TPSA) is 61.0 Å². The smallest absolute Gasteiger partial charge is 0.219 e. The number of fused-ring (bicyclic) bond motifs is 1. The zero-order chi connectivity index (χ0) is 14.7. The lowest BCUT2D eigenvalue weighted by atomic mass is 10.2. The highest BCUT2D eigenvalue weighted by Gasteiger charge is 2.07. The first-order chi connectivity index (χ1) is 10.3. The van der Waals surface area contributed by atoms with Gasteiger partial charge in [0.2, 0.25) is 5.88 Å². The van der Waals surface area contributed by atoms with Crippen LogP contribution >= 0.6 is 0 Å². The third-order valence-electron chi connectivity index (χ3n) is 3.33. The molecule has 0 aliphatic carbocycles. The highest BCUT2D eigenvalue weighted by atomic mass is 16.5. The first kappa shape index (κ1) is 13.5. The second-order valence-corrected chi connectivity index (χ2v) is 4.79. The number of pyridine rings is 2. The van der Waals surface area contributed by atoms with Gasteiger partial charge in [-0.15, -0.1) is 0 Å². The molecular formula is C17H17N3O. The molecule has 4 nitrogen and oxygen atoms in total. The predicted octanol–water partition coefficient (Wildman–Crippen LogP) is 3.44. The van der Waals surface area contributed by atoms with Crippen molar-refractivity contribution in [1.29, 1.82) is 0 Å². The minimum atomic E-state index is 0.475. The van der Waals surface area contributed by atoms with Gasteiger partial charge < -0.3 is 10.5 Å². The Morgan fingerprint density at radius 1 is 1.14 bits per heavy atom. The maximum absolute atomic E-state index is 5.97. The van der Waals surface area contributed by atoms with Gasteiger partial charge in [0.05, 0.1) is 5.52 Å². The van der Waals surface area contributed by atoms with Crippen molar-refractivity contribution in [3.63, 3.8) is 0 Å². The molecule has 0 unspecified atom stereocenters. The van der Waals surface area contributed by atoms with Crippen LogP contribution in [0.2, 0.25) is 0 Å². The summed E-state index contributed by atoms with van der Waals surface area (Å²) >= 11 is 0. The fraction of sp³-hybridized carbons (Fsp3) is 0.176. The van der Waals surface area contributed by atoms with Crippen molar-refractivity contribution in [3.8, 4) is 11.6 Å². The number of rotatable bonds is 4. The van der Waals surface area contributed by atoms with Gasteiger partial charge in [0.25, 0.3) is 0 Å². The lowest BCUT2D eigenvalue weighted by Gasteiger charge is -2.10. The molecule has 0 aliphatic rings. The summed E-state index contributed by atoms with van der Waals surface area (Å²) in [6, 6.07) is 13.6. The van der Waals surface area contributed by atoms with Crippen LogP contribution in [-0.4, -0.2) is 9.97 Å². The van der Waals surface area contributed by atoms with Crippen molar-refractivity contribution < 1.29 is 4.74 Å². The Labute approximate surface area is 123 Å².